The maximum absolute atomic E-state index is 4.16. The third kappa shape index (κ3) is 17.3. The van der Waals surface area contributed by atoms with Crippen molar-refractivity contribution in [2.45, 2.75) is 0 Å². The van der Waals surface area contributed by atoms with Crippen LogP contribution in [0.15, 0.2) is 60.7 Å². The molecular formula is C12H10CuILi2-2. The van der Waals surface area contributed by atoms with E-state index < -0.39 is 0 Å². The summed E-state index contributed by atoms with van der Waals surface area (Å²) in [6, 6.07) is 25.0. The quantitative estimate of drug-likeness (QED) is 0.386. The zero-order valence-corrected chi connectivity index (χ0v) is 12.6. The van der Waals surface area contributed by atoms with Crippen LogP contribution < -0.4 is 0 Å². The number of hydrogen-bond donors (Lipinski definition) is 0. The molecule has 2 rings (SSSR count). The van der Waals surface area contributed by atoms with Gasteiger partial charge in [0.15, 0.2) is 0 Å². The summed E-state index contributed by atoms with van der Waals surface area (Å²) in [7, 11) is 0. The molecule has 0 unspecified atom stereocenters. The normalized spacial score (nSPS) is 6.94. The van der Waals surface area contributed by atoms with E-state index in [1.165, 1.54) is 0 Å². The van der Waals surface area contributed by atoms with E-state index in [-0.39, 0.29) is 0 Å². The third-order valence-electron chi connectivity index (χ3n) is 1.21. The number of benzene rings is 2. The van der Waals surface area contributed by atoms with E-state index in [1.807, 2.05) is 91.4 Å². The number of halogens is 1. The minimum atomic E-state index is 1.71. The Balaban J connectivity index is 0. The first-order valence-corrected chi connectivity index (χ1v) is 7.97. The van der Waals surface area contributed by atoms with Gasteiger partial charge < -0.3 is 0 Å². The summed E-state index contributed by atoms with van der Waals surface area (Å²) in [5.41, 5.74) is 0. The van der Waals surface area contributed by atoms with Crippen molar-refractivity contribution in [3.05, 3.63) is 72.8 Å². The Bertz CT molecular complexity index is 194. The van der Waals surface area contributed by atoms with Gasteiger partial charge in [0.05, 0.1) is 0 Å². The van der Waals surface area contributed by atoms with Crippen molar-refractivity contribution in [3.63, 3.8) is 0 Å². The molecule has 0 aliphatic rings. The molecule has 0 N–H and O–H groups in total. The Labute approximate surface area is 135 Å². The van der Waals surface area contributed by atoms with Gasteiger partial charge >= 0.3 is 63.9 Å². The van der Waals surface area contributed by atoms with Gasteiger partial charge in [-0.15, -0.1) is 0 Å². The summed E-state index contributed by atoms with van der Waals surface area (Å²) in [4.78, 5) is 0. The molecule has 0 bridgehead atoms. The molecule has 2 aromatic carbocycles. The van der Waals surface area contributed by atoms with Crippen molar-refractivity contribution >= 4 is 51.1 Å². The van der Waals surface area contributed by atoms with Gasteiger partial charge in [0, 0.05) is 0 Å². The third-order valence-corrected chi connectivity index (χ3v) is 1.21. The minimum absolute atomic E-state index is 1.71. The minimum Gasteiger partial charge on any atom is -0.184 e. The predicted molar refractivity (Wildman–Crippen MR) is 76.1 cm³/mol. The molecule has 0 amide bonds. The monoisotopic (exact) mass is 358 g/mol. The van der Waals surface area contributed by atoms with Gasteiger partial charge in [-0.1, -0.05) is 0 Å². The van der Waals surface area contributed by atoms with E-state index in [2.05, 4.69) is 24.9 Å². The number of rotatable bonds is 0. The molecule has 80 valence electrons. The Morgan fingerprint density at radius 2 is 0.875 bits per heavy atom. The smallest absolute Gasteiger partial charge is 0.171 e. The Morgan fingerprint density at radius 3 is 0.938 bits per heavy atom. The summed E-state index contributed by atoms with van der Waals surface area (Å²) in [6.45, 7) is 0. The van der Waals surface area contributed by atoms with E-state index in [9.17, 15) is 0 Å². The van der Waals surface area contributed by atoms with Crippen LogP contribution >= 0.6 is 20.3 Å². The zero-order chi connectivity index (χ0) is 12.5. The predicted octanol–water partition coefficient (Wildman–Crippen LogP) is 3.10. The van der Waals surface area contributed by atoms with Crippen LogP contribution in [0.5, 0.6) is 0 Å². The zero-order valence-electron chi connectivity index (χ0n) is 9.45. The van der Waals surface area contributed by atoms with Gasteiger partial charge in [-0.2, -0.15) is 72.8 Å². The molecule has 16 heavy (non-hydrogen) atoms. The first kappa shape index (κ1) is 19.2. The van der Waals surface area contributed by atoms with Gasteiger partial charge in [-0.3, -0.25) is 0 Å². The van der Waals surface area contributed by atoms with Crippen LogP contribution in [-0.4, -0.2) is 30.8 Å². The summed E-state index contributed by atoms with van der Waals surface area (Å²) in [6.07, 6.45) is 0. The average Bonchev–Trinajstić information content (AvgIpc) is 2.48. The van der Waals surface area contributed by atoms with Crippen molar-refractivity contribution in [3.8, 4) is 0 Å². The summed E-state index contributed by atoms with van der Waals surface area (Å²) >= 11 is 9.87. The molecular weight excluding hydrogens is 348 g/mol. The van der Waals surface area contributed by atoms with Crippen molar-refractivity contribution in [1.29, 1.82) is 0 Å². The van der Waals surface area contributed by atoms with Crippen molar-refractivity contribution in [2.24, 2.45) is 0 Å². The molecule has 0 atom stereocenters. The molecule has 4 heteroatoms. The molecule has 0 aromatic heterocycles. The Hall–Kier alpha value is 0.884. The van der Waals surface area contributed by atoms with Gasteiger partial charge in [0.2, 0.25) is 0 Å². The fourth-order valence-corrected chi connectivity index (χ4v) is 0.684. The SMILES string of the molecule is [Cu][I].[Li][Li].[c-]1ccccc1.[c-]1ccccc1. The van der Waals surface area contributed by atoms with Gasteiger partial charge in [-0.05, 0) is 0 Å². The van der Waals surface area contributed by atoms with Crippen LogP contribution in [0.4, 0.5) is 0 Å². The van der Waals surface area contributed by atoms with E-state index in [0.717, 1.165) is 0 Å². The molecule has 0 radical (unpaired) electrons. The van der Waals surface area contributed by atoms with E-state index >= 15 is 0 Å². The van der Waals surface area contributed by atoms with E-state index in [1.54, 1.807) is 20.3 Å². The second-order valence-electron chi connectivity index (χ2n) is 2.15. The van der Waals surface area contributed by atoms with E-state index in [4.69, 9.17) is 0 Å². The van der Waals surface area contributed by atoms with Crippen molar-refractivity contribution in [2.75, 3.05) is 0 Å². The van der Waals surface area contributed by atoms with Crippen LogP contribution in [-0.2, 0) is 12.8 Å². The fraction of sp³-hybridized carbons (Fsp3) is 0. The molecule has 0 nitrogen and oxygen atoms in total. The molecule has 0 heterocycles. The number of hydrogen-bond acceptors (Lipinski definition) is 0. The van der Waals surface area contributed by atoms with E-state index in [0.29, 0.717) is 0 Å². The molecule has 0 saturated carbocycles. The fourth-order valence-electron chi connectivity index (χ4n) is 0.684. The molecule has 0 fully saturated rings. The van der Waals surface area contributed by atoms with Gasteiger partial charge in [0.25, 0.3) is 0 Å². The second kappa shape index (κ2) is 21.2. The molecule has 2 aromatic rings. The van der Waals surface area contributed by atoms with Gasteiger partial charge in [-0.25, -0.2) is 0 Å². The summed E-state index contributed by atoms with van der Waals surface area (Å²) in [5, 5.41) is 0. The van der Waals surface area contributed by atoms with Crippen molar-refractivity contribution < 1.29 is 12.8 Å². The maximum Gasteiger partial charge on any atom is -0.171 e. The topological polar surface area (TPSA) is 0 Å². The first-order chi connectivity index (χ1) is 8.00. The first-order valence-electron chi connectivity index (χ1n) is 4.94. The summed E-state index contributed by atoms with van der Waals surface area (Å²) < 4.78 is 0. The van der Waals surface area contributed by atoms with Crippen LogP contribution in [0.1, 0.15) is 0 Å². The molecule has 0 aliphatic heterocycles. The van der Waals surface area contributed by atoms with Crippen LogP contribution in [0.3, 0.4) is 0 Å². The molecule has 0 saturated heterocycles. The Kier molecular flexibility index (Phi) is 25.5. The second-order valence-corrected chi connectivity index (χ2v) is 2.15. The van der Waals surface area contributed by atoms with Crippen LogP contribution in [0.2, 0.25) is 0 Å². The maximum atomic E-state index is 4.16. The van der Waals surface area contributed by atoms with Crippen LogP contribution in [0.25, 0.3) is 0 Å². The van der Waals surface area contributed by atoms with Gasteiger partial charge in [0.1, 0.15) is 0 Å². The van der Waals surface area contributed by atoms with Crippen LogP contribution in [0, 0.1) is 12.1 Å². The standard InChI is InChI=1S/2C6H5.Cu.HI.2Li/c2*1-2-4-6-5-3-1;;;;/h2*1-5H;;1H;;/q2*-1;+1;;;/p-1. The average molecular weight is 359 g/mol. The Morgan fingerprint density at radius 1 is 0.625 bits per heavy atom. The summed E-state index contributed by atoms with van der Waals surface area (Å²) in [5.74, 6) is 0. The molecule has 0 spiro atoms. The van der Waals surface area contributed by atoms with Crippen molar-refractivity contribution in [1.82, 2.24) is 0 Å². The molecule has 0 aliphatic carbocycles. The largest absolute Gasteiger partial charge is 0.184 e.